The number of benzene rings is 2. The highest BCUT2D eigenvalue weighted by atomic mass is 16.5. The van der Waals surface area contributed by atoms with Gasteiger partial charge in [0.25, 0.3) is 0 Å². The van der Waals surface area contributed by atoms with Crippen LogP contribution in [0.2, 0.25) is 0 Å². The molecule has 0 fully saturated rings. The Balaban J connectivity index is 1.94. The van der Waals surface area contributed by atoms with Crippen LogP contribution in [-0.2, 0) is 22.3 Å². The summed E-state index contributed by atoms with van der Waals surface area (Å²) < 4.78 is 10.1. The zero-order chi connectivity index (χ0) is 17.1. The fourth-order valence-corrected chi connectivity index (χ4v) is 3.08. The number of aryl methyl sites for hydroxylation is 2. The number of hydrogen-bond donors (Lipinski definition) is 0. The van der Waals surface area contributed by atoms with Crippen LogP contribution in [0.15, 0.2) is 36.4 Å². The maximum Gasteiger partial charge on any atom is 0.338 e. The van der Waals surface area contributed by atoms with Crippen LogP contribution in [0.4, 0.5) is 0 Å². The molecule has 0 saturated carbocycles. The first kappa shape index (κ1) is 16.2. The molecule has 2 aromatic rings. The van der Waals surface area contributed by atoms with Gasteiger partial charge in [0.05, 0.1) is 24.3 Å². The summed E-state index contributed by atoms with van der Waals surface area (Å²) in [5.41, 5.74) is 5.66. The van der Waals surface area contributed by atoms with Gasteiger partial charge in [0.1, 0.15) is 0 Å². The average Bonchev–Trinajstić information content (AvgIpc) is 2.61. The van der Waals surface area contributed by atoms with E-state index < -0.39 is 0 Å². The molecular formula is C20H20O4. The van der Waals surface area contributed by atoms with Gasteiger partial charge in [-0.05, 0) is 73.2 Å². The zero-order valence-corrected chi connectivity index (χ0v) is 13.9. The van der Waals surface area contributed by atoms with Gasteiger partial charge in [-0.2, -0.15) is 0 Å². The fourth-order valence-electron chi connectivity index (χ4n) is 3.08. The Labute approximate surface area is 141 Å². The van der Waals surface area contributed by atoms with Crippen molar-refractivity contribution in [2.75, 3.05) is 13.2 Å². The maximum absolute atomic E-state index is 11.9. The number of carbonyl (C=O) groups excluding carboxylic acids is 2. The molecule has 3 rings (SSSR count). The first-order valence-electron chi connectivity index (χ1n) is 8.24. The summed E-state index contributed by atoms with van der Waals surface area (Å²) in [4.78, 5) is 23.8. The van der Waals surface area contributed by atoms with E-state index in [0.717, 1.165) is 35.1 Å². The van der Waals surface area contributed by atoms with E-state index in [9.17, 15) is 9.59 Å². The van der Waals surface area contributed by atoms with Crippen molar-refractivity contribution < 1.29 is 19.1 Å². The molecule has 1 aliphatic rings. The minimum Gasteiger partial charge on any atom is -0.462 e. The molecule has 0 radical (unpaired) electrons. The number of esters is 2. The Morgan fingerprint density at radius 3 is 1.58 bits per heavy atom. The van der Waals surface area contributed by atoms with Crippen molar-refractivity contribution >= 4 is 11.9 Å². The Morgan fingerprint density at radius 1 is 0.792 bits per heavy atom. The van der Waals surface area contributed by atoms with Crippen LogP contribution in [0.1, 0.15) is 45.7 Å². The van der Waals surface area contributed by atoms with E-state index >= 15 is 0 Å². The van der Waals surface area contributed by atoms with Crippen molar-refractivity contribution in [1.82, 2.24) is 0 Å². The molecule has 0 amide bonds. The fraction of sp³-hybridized carbons (Fsp3) is 0.300. The normalized spacial score (nSPS) is 12.1. The van der Waals surface area contributed by atoms with Crippen LogP contribution in [-0.4, -0.2) is 25.2 Å². The van der Waals surface area contributed by atoms with Crippen LogP contribution in [0, 0.1) is 0 Å². The van der Waals surface area contributed by atoms with Gasteiger partial charge >= 0.3 is 11.9 Å². The Morgan fingerprint density at radius 2 is 1.21 bits per heavy atom. The third-order valence-electron chi connectivity index (χ3n) is 4.19. The SMILES string of the molecule is CCOC(=O)c1ccc2c(c1)CCc1cc(C(=O)OCC)ccc1-2. The molecular weight excluding hydrogens is 304 g/mol. The zero-order valence-electron chi connectivity index (χ0n) is 13.9. The molecule has 0 saturated heterocycles. The van der Waals surface area contributed by atoms with Gasteiger partial charge in [-0.25, -0.2) is 9.59 Å². The summed E-state index contributed by atoms with van der Waals surface area (Å²) in [7, 11) is 0. The molecule has 0 spiro atoms. The minimum absolute atomic E-state index is 0.288. The van der Waals surface area contributed by atoms with Crippen molar-refractivity contribution in [2.24, 2.45) is 0 Å². The molecule has 24 heavy (non-hydrogen) atoms. The predicted molar refractivity (Wildman–Crippen MR) is 91.2 cm³/mol. The second-order valence-electron chi connectivity index (χ2n) is 5.68. The van der Waals surface area contributed by atoms with Gasteiger partial charge in [-0.1, -0.05) is 12.1 Å². The number of hydrogen-bond acceptors (Lipinski definition) is 4. The number of carbonyl (C=O) groups is 2. The van der Waals surface area contributed by atoms with Gasteiger partial charge in [-0.3, -0.25) is 0 Å². The predicted octanol–water partition coefficient (Wildman–Crippen LogP) is 3.81. The molecule has 0 atom stereocenters. The third-order valence-corrected chi connectivity index (χ3v) is 4.19. The Kier molecular flexibility index (Phi) is 4.65. The lowest BCUT2D eigenvalue weighted by atomic mass is 9.84. The summed E-state index contributed by atoms with van der Waals surface area (Å²) in [5.74, 6) is -0.576. The molecule has 0 N–H and O–H groups in total. The highest BCUT2D eigenvalue weighted by molar-refractivity contribution is 5.92. The topological polar surface area (TPSA) is 52.6 Å². The maximum atomic E-state index is 11.9. The van der Waals surface area contributed by atoms with Crippen molar-refractivity contribution in [2.45, 2.75) is 26.7 Å². The lowest BCUT2D eigenvalue weighted by Gasteiger charge is -2.21. The van der Waals surface area contributed by atoms with Gasteiger partial charge in [0, 0.05) is 0 Å². The van der Waals surface area contributed by atoms with Crippen molar-refractivity contribution in [3.63, 3.8) is 0 Å². The second-order valence-corrected chi connectivity index (χ2v) is 5.68. The van der Waals surface area contributed by atoms with Crippen molar-refractivity contribution in [3.8, 4) is 11.1 Å². The quantitative estimate of drug-likeness (QED) is 0.803. The van der Waals surface area contributed by atoms with E-state index in [4.69, 9.17) is 9.47 Å². The van der Waals surface area contributed by atoms with Gasteiger partial charge < -0.3 is 9.47 Å². The summed E-state index contributed by atoms with van der Waals surface area (Å²) in [6.45, 7) is 4.34. The number of rotatable bonds is 4. The molecule has 0 aliphatic heterocycles. The average molecular weight is 324 g/mol. The first-order chi connectivity index (χ1) is 11.6. The lowest BCUT2D eigenvalue weighted by Crippen LogP contribution is -2.10. The largest absolute Gasteiger partial charge is 0.462 e. The number of ether oxygens (including phenoxy) is 2. The van der Waals surface area contributed by atoms with E-state index in [2.05, 4.69) is 0 Å². The van der Waals surface area contributed by atoms with E-state index in [1.807, 2.05) is 24.3 Å². The molecule has 124 valence electrons. The molecule has 4 heteroatoms. The van der Waals surface area contributed by atoms with Gasteiger partial charge in [0.2, 0.25) is 0 Å². The standard InChI is InChI=1S/C20H20O4/c1-3-23-19(21)15-7-9-17-13(11-15)5-6-14-12-16(8-10-18(14)17)20(22)24-4-2/h7-12H,3-6H2,1-2H3. The second kappa shape index (κ2) is 6.87. The van der Waals surface area contributed by atoms with Crippen molar-refractivity contribution in [3.05, 3.63) is 58.7 Å². The van der Waals surface area contributed by atoms with E-state index in [0.29, 0.717) is 24.3 Å². The lowest BCUT2D eigenvalue weighted by molar-refractivity contribution is 0.0516. The smallest absolute Gasteiger partial charge is 0.338 e. The monoisotopic (exact) mass is 324 g/mol. The molecule has 0 bridgehead atoms. The van der Waals surface area contributed by atoms with Crippen molar-refractivity contribution in [1.29, 1.82) is 0 Å². The first-order valence-corrected chi connectivity index (χ1v) is 8.24. The summed E-state index contributed by atoms with van der Waals surface area (Å²) >= 11 is 0. The third kappa shape index (κ3) is 3.04. The molecule has 0 unspecified atom stereocenters. The molecule has 1 aliphatic carbocycles. The molecule has 2 aromatic carbocycles. The van der Waals surface area contributed by atoms with Gasteiger partial charge in [-0.15, -0.1) is 0 Å². The van der Waals surface area contributed by atoms with E-state index in [1.165, 1.54) is 0 Å². The van der Waals surface area contributed by atoms with E-state index in [-0.39, 0.29) is 11.9 Å². The van der Waals surface area contributed by atoms with Gasteiger partial charge in [0.15, 0.2) is 0 Å². The summed E-state index contributed by atoms with van der Waals surface area (Å²) in [6, 6.07) is 11.3. The Bertz CT molecular complexity index is 725. The minimum atomic E-state index is -0.288. The highest BCUT2D eigenvalue weighted by Crippen LogP contribution is 2.34. The summed E-state index contributed by atoms with van der Waals surface area (Å²) in [6.07, 6.45) is 1.67. The summed E-state index contributed by atoms with van der Waals surface area (Å²) in [5, 5.41) is 0. The molecule has 0 aromatic heterocycles. The molecule has 0 heterocycles. The van der Waals surface area contributed by atoms with Crippen LogP contribution < -0.4 is 0 Å². The molecule has 4 nitrogen and oxygen atoms in total. The van der Waals surface area contributed by atoms with Crippen LogP contribution in [0.5, 0.6) is 0 Å². The van der Waals surface area contributed by atoms with E-state index in [1.54, 1.807) is 26.0 Å². The highest BCUT2D eigenvalue weighted by Gasteiger charge is 2.20. The Hall–Kier alpha value is -2.62. The number of fused-ring (bicyclic) bond motifs is 3. The van der Waals surface area contributed by atoms with Crippen LogP contribution in [0.3, 0.4) is 0 Å². The van der Waals surface area contributed by atoms with Crippen LogP contribution >= 0.6 is 0 Å². The van der Waals surface area contributed by atoms with Crippen LogP contribution in [0.25, 0.3) is 11.1 Å².